The number of piperidine rings is 1. The summed E-state index contributed by atoms with van der Waals surface area (Å²) in [4.78, 5) is 13.2. The normalized spacial score (nSPS) is 41.6. The molecule has 0 radical (unpaired) electrons. The van der Waals surface area contributed by atoms with Gasteiger partial charge in [0.1, 0.15) is 0 Å². The zero-order chi connectivity index (χ0) is 8.01. The number of hydrogen-bond donors (Lipinski definition) is 0. The Morgan fingerprint density at radius 3 is 2.55 bits per heavy atom. The first-order valence-corrected chi connectivity index (χ1v) is 4.49. The van der Waals surface area contributed by atoms with Crippen LogP contribution in [0.1, 0.15) is 33.1 Å². The van der Waals surface area contributed by atoms with Crippen molar-refractivity contribution in [3.05, 3.63) is 0 Å². The van der Waals surface area contributed by atoms with Gasteiger partial charge in [-0.1, -0.05) is 0 Å². The minimum absolute atomic E-state index is 0.268. The SMILES string of the molecule is CC(=O)N1C2CCC(C2)C1C. The van der Waals surface area contributed by atoms with Gasteiger partial charge in [0.05, 0.1) is 0 Å². The molecule has 1 saturated carbocycles. The van der Waals surface area contributed by atoms with E-state index in [2.05, 4.69) is 11.8 Å². The Bertz CT molecular complexity index is 188. The van der Waals surface area contributed by atoms with Crippen LogP contribution in [0.15, 0.2) is 0 Å². The van der Waals surface area contributed by atoms with Gasteiger partial charge in [0.15, 0.2) is 0 Å². The summed E-state index contributed by atoms with van der Waals surface area (Å²) in [6.07, 6.45) is 3.85. The predicted molar refractivity (Wildman–Crippen MR) is 43.1 cm³/mol. The summed E-state index contributed by atoms with van der Waals surface area (Å²) in [5.74, 6) is 1.08. The van der Waals surface area contributed by atoms with Crippen molar-refractivity contribution in [2.45, 2.75) is 45.2 Å². The fraction of sp³-hybridized carbons (Fsp3) is 0.889. The Morgan fingerprint density at radius 2 is 2.18 bits per heavy atom. The average Bonchev–Trinajstić information content (AvgIpc) is 2.44. The molecule has 2 rings (SSSR count). The van der Waals surface area contributed by atoms with E-state index in [1.165, 1.54) is 19.3 Å². The van der Waals surface area contributed by atoms with Crippen molar-refractivity contribution in [3.8, 4) is 0 Å². The lowest BCUT2D eigenvalue weighted by molar-refractivity contribution is -0.132. The molecular weight excluding hydrogens is 138 g/mol. The van der Waals surface area contributed by atoms with E-state index in [1.54, 1.807) is 6.92 Å². The van der Waals surface area contributed by atoms with Gasteiger partial charge in [-0.3, -0.25) is 4.79 Å². The molecule has 2 fully saturated rings. The Kier molecular flexibility index (Phi) is 1.44. The largest absolute Gasteiger partial charge is 0.337 e. The summed E-state index contributed by atoms with van der Waals surface area (Å²) in [5, 5.41) is 0. The van der Waals surface area contributed by atoms with Gasteiger partial charge < -0.3 is 4.90 Å². The minimum atomic E-state index is 0.268. The molecule has 0 spiro atoms. The first-order chi connectivity index (χ1) is 5.20. The maximum Gasteiger partial charge on any atom is 0.219 e. The van der Waals surface area contributed by atoms with E-state index in [4.69, 9.17) is 0 Å². The van der Waals surface area contributed by atoms with Crippen molar-refractivity contribution < 1.29 is 4.79 Å². The van der Waals surface area contributed by atoms with Gasteiger partial charge in [-0.25, -0.2) is 0 Å². The van der Waals surface area contributed by atoms with Crippen molar-refractivity contribution >= 4 is 5.91 Å². The molecule has 1 amide bonds. The molecule has 2 aliphatic rings. The van der Waals surface area contributed by atoms with E-state index < -0.39 is 0 Å². The molecule has 1 aliphatic heterocycles. The van der Waals surface area contributed by atoms with Crippen LogP contribution in [0.25, 0.3) is 0 Å². The lowest BCUT2D eigenvalue weighted by Gasteiger charge is -2.32. The summed E-state index contributed by atoms with van der Waals surface area (Å²) in [6.45, 7) is 3.88. The molecule has 3 atom stereocenters. The standard InChI is InChI=1S/C9H15NO/c1-6-8-3-4-9(5-8)10(6)7(2)11/h6,8-9H,3-5H2,1-2H3. The number of amides is 1. The van der Waals surface area contributed by atoms with Crippen LogP contribution in [0.3, 0.4) is 0 Å². The van der Waals surface area contributed by atoms with Crippen molar-refractivity contribution in [2.75, 3.05) is 0 Å². The quantitative estimate of drug-likeness (QED) is 0.515. The molecule has 1 saturated heterocycles. The summed E-state index contributed by atoms with van der Waals surface area (Å²) >= 11 is 0. The van der Waals surface area contributed by atoms with E-state index in [0.717, 1.165) is 5.92 Å². The fourth-order valence-electron chi connectivity index (χ4n) is 2.79. The predicted octanol–water partition coefficient (Wildman–Crippen LogP) is 1.41. The third kappa shape index (κ3) is 0.883. The van der Waals surface area contributed by atoms with Gasteiger partial charge in [0, 0.05) is 19.0 Å². The van der Waals surface area contributed by atoms with Gasteiger partial charge in [-0.2, -0.15) is 0 Å². The van der Waals surface area contributed by atoms with Crippen LogP contribution < -0.4 is 0 Å². The van der Waals surface area contributed by atoms with Gasteiger partial charge in [-0.05, 0) is 32.1 Å². The van der Waals surface area contributed by atoms with Crippen molar-refractivity contribution in [1.82, 2.24) is 4.90 Å². The number of rotatable bonds is 0. The van der Waals surface area contributed by atoms with Gasteiger partial charge in [-0.15, -0.1) is 0 Å². The monoisotopic (exact) mass is 153 g/mol. The molecule has 1 aliphatic carbocycles. The summed E-state index contributed by atoms with van der Waals surface area (Å²) < 4.78 is 0. The van der Waals surface area contributed by atoms with Crippen LogP contribution >= 0.6 is 0 Å². The topological polar surface area (TPSA) is 20.3 Å². The second-order valence-corrected chi connectivity index (χ2v) is 3.89. The van der Waals surface area contributed by atoms with E-state index in [0.29, 0.717) is 12.1 Å². The Hall–Kier alpha value is -0.530. The third-order valence-corrected chi connectivity index (χ3v) is 3.32. The zero-order valence-electron chi connectivity index (χ0n) is 7.21. The lowest BCUT2D eigenvalue weighted by atomic mass is 10.0. The Balaban J connectivity index is 2.17. The average molecular weight is 153 g/mol. The maximum atomic E-state index is 11.2. The van der Waals surface area contributed by atoms with Crippen LogP contribution in [0.2, 0.25) is 0 Å². The number of carbonyl (C=O) groups excluding carboxylic acids is 1. The maximum absolute atomic E-state index is 11.2. The highest BCUT2D eigenvalue weighted by Crippen LogP contribution is 2.41. The van der Waals surface area contributed by atoms with Crippen molar-refractivity contribution in [1.29, 1.82) is 0 Å². The molecule has 2 nitrogen and oxygen atoms in total. The molecule has 2 bridgehead atoms. The number of likely N-dealkylation sites (tertiary alicyclic amines) is 1. The zero-order valence-corrected chi connectivity index (χ0v) is 7.21. The van der Waals surface area contributed by atoms with Gasteiger partial charge in [0.25, 0.3) is 0 Å². The van der Waals surface area contributed by atoms with Crippen LogP contribution in [0.4, 0.5) is 0 Å². The minimum Gasteiger partial charge on any atom is -0.337 e. The van der Waals surface area contributed by atoms with Crippen molar-refractivity contribution in [2.24, 2.45) is 5.92 Å². The van der Waals surface area contributed by atoms with Gasteiger partial charge in [0.2, 0.25) is 5.91 Å². The highest BCUT2D eigenvalue weighted by molar-refractivity contribution is 5.74. The lowest BCUT2D eigenvalue weighted by Crippen LogP contribution is -2.42. The molecule has 0 aromatic heterocycles. The van der Waals surface area contributed by atoms with Crippen LogP contribution in [0.5, 0.6) is 0 Å². The molecule has 0 aromatic rings. The summed E-state index contributed by atoms with van der Waals surface area (Å²) in [7, 11) is 0. The van der Waals surface area contributed by atoms with E-state index >= 15 is 0 Å². The smallest absolute Gasteiger partial charge is 0.219 e. The summed E-state index contributed by atoms with van der Waals surface area (Å²) in [5.41, 5.74) is 0. The molecule has 3 unspecified atom stereocenters. The Morgan fingerprint density at radius 1 is 1.45 bits per heavy atom. The number of hydrogen-bond acceptors (Lipinski definition) is 1. The highest BCUT2D eigenvalue weighted by atomic mass is 16.2. The molecule has 1 heterocycles. The first kappa shape index (κ1) is 7.14. The number of nitrogens with zero attached hydrogens (tertiary/aromatic N) is 1. The molecule has 62 valence electrons. The van der Waals surface area contributed by atoms with E-state index in [1.807, 2.05) is 0 Å². The first-order valence-electron chi connectivity index (χ1n) is 4.49. The van der Waals surface area contributed by atoms with E-state index in [9.17, 15) is 4.79 Å². The Labute approximate surface area is 67.6 Å². The van der Waals surface area contributed by atoms with Crippen LogP contribution in [0, 0.1) is 5.92 Å². The number of carbonyl (C=O) groups is 1. The van der Waals surface area contributed by atoms with Crippen LogP contribution in [-0.4, -0.2) is 22.9 Å². The van der Waals surface area contributed by atoms with Gasteiger partial charge >= 0.3 is 0 Å². The molecular formula is C9H15NO. The van der Waals surface area contributed by atoms with E-state index in [-0.39, 0.29) is 5.91 Å². The molecule has 0 aromatic carbocycles. The molecule has 11 heavy (non-hydrogen) atoms. The third-order valence-electron chi connectivity index (χ3n) is 3.32. The fourth-order valence-corrected chi connectivity index (χ4v) is 2.79. The molecule has 0 N–H and O–H groups in total. The second kappa shape index (κ2) is 2.23. The van der Waals surface area contributed by atoms with Crippen molar-refractivity contribution in [3.63, 3.8) is 0 Å². The highest BCUT2D eigenvalue weighted by Gasteiger charge is 2.44. The number of fused-ring (bicyclic) bond motifs is 2. The second-order valence-electron chi connectivity index (χ2n) is 3.89. The molecule has 2 heteroatoms. The summed E-state index contributed by atoms with van der Waals surface area (Å²) in [6, 6.07) is 1.11. The van der Waals surface area contributed by atoms with Crippen LogP contribution in [-0.2, 0) is 4.79 Å².